The molecular formula is C46H36F3N5O6. The van der Waals surface area contributed by atoms with Crippen LogP contribution in [0.15, 0.2) is 106 Å². The van der Waals surface area contributed by atoms with Gasteiger partial charge in [-0.3, -0.25) is 9.59 Å². The van der Waals surface area contributed by atoms with Crippen LogP contribution in [-0.4, -0.2) is 47.3 Å². The first-order chi connectivity index (χ1) is 28.9. The lowest BCUT2D eigenvalue weighted by atomic mass is 9.72. The summed E-state index contributed by atoms with van der Waals surface area (Å²) < 4.78 is 70.8. The summed E-state index contributed by atoms with van der Waals surface area (Å²) in [5.74, 6) is -0.888. The van der Waals surface area contributed by atoms with Crippen LogP contribution in [0.2, 0.25) is 0 Å². The van der Waals surface area contributed by atoms with E-state index in [9.17, 15) is 9.59 Å². The van der Waals surface area contributed by atoms with Crippen LogP contribution < -0.4 is 20.7 Å². The molecule has 2 unspecified atom stereocenters. The molecule has 6 aromatic rings. The third-order valence-corrected chi connectivity index (χ3v) is 12.6. The van der Waals surface area contributed by atoms with E-state index in [1.807, 2.05) is 38.1 Å². The van der Waals surface area contributed by atoms with Gasteiger partial charge in [-0.2, -0.15) is 13.2 Å². The smallest absolute Gasteiger partial charge is 0.430 e. The Hall–Kier alpha value is -6.67. The Morgan fingerprint density at radius 3 is 2.55 bits per heavy atom. The van der Waals surface area contributed by atoms with Crippen molar-refractivity contribution >= 4 is 23.1 Å². The van der Waals surface area contributed by atoms with Crippen molar-refractivity contribution in [3.8, 4) is 28.5 Å². The number of halogens is 3. The fourth-order valence-corrected chi connectivity index (χ4v) is 9.79. The van der Waals surface area contributed by atoms with Crippen molar-refractivity contribution in [1.82, 2.24) is 20.6 Å². The molecule has 302 valence electrons. The van der Waals surface area contributed by atoms with Gasteiger partial charge in [0.15, 0.2) is 23.4 Å². The number of para-hydroxylation sites is 1. The summed E-state index contributed by atoms with van der Waals surface area (Å²) in [5.41, 5.74) is 3.15. The summed E-state index contributed by atoms with van der Waals surface area (Å²) in [6.07, 6.45) is -1.61. The van der Waals surface area contributed by atoms with Gasteiger partial charge in [-0.05, 0) is 40.7 Å². The van der Waals surface area contributed by atoms with Crippen LogP contribution in [0.3, 0.4) is 0 Å². The number of hydrogen-bond acceptors (Lipinski definition) is 9. The molecule has 11 rings (SSSR count). The van der Waals surface area contributed by atoms with Gasteiger partial charge in [0.05, 0.1) is 6.20 Å². The topological polar surface area (TPSA) is 141 Å². The summed E-state index contributed by atoms with van der Waals surface area (Å²) in [6.45, 7) is 3.71. The molecule has 1 aliphatic carbocycles. The molecule has 5 atom stereocenters. The molecule has 10 bridgehead atoms. The van der Waals surface area contributed by atoms with Crippen LogP contribution in [0.5, 0.6) is 5.75 Å². The van der Waals surface area contributed by atoms with E-state index < -0.39 is 52.9 Å². The fourth-order valence-electron chi connectivity index (χ4n) is 9.79. The number of ether oxygens (including phenoxy) is 2. The molecule has 5 aliphatic rings. The molecule has 3 N–H and O–H groups in total. The van der Waals surface area contributed by atoms with Crippen LogP contribution in [0.4, 0.5) is 18.9 Å². The molecule has 0 saturated carbocycles. The second-order valence-electron chi connectivity index (χ2n) is 16.1. The molecular weight excluding hydrogens is 776 g/mol. The number of aromatic nitrogens is 2. The molecule has 2 aromatic heterocycles. The number of alkyl halides is 3. The second-order valence-corrected chi connectivity index (χ2v) is 16.1. The number of carbonyl (C=O) groups excluding carboxylic acids is 2. The summed E-state index contributed by atoms with van der Waals surface area (Å²) in [6, 6.07) is 21.9. The number of nitrogens with one attached hydrogen (secondary N) is 3. The molecule has 0 radical (unpaired) electrons. The number of hydrogen-bond donors (Lipinski definition) is 3. The van der Waals surface area contributed by atoms with Gasteiger partial charge >= 0.3 is 6.18 Å². The maximum Gasteiger partial charge on any atom is 0.430 e. The lowest BCUT2D eigenvalue weighted by Crippen LogP contribution is -2.60. The van der Waals surface area contributed by atoms with E-state index >= 15 is 13.2 Å². The Morgan fingerprint density at radius 2 is 1.77 bits per heavy atom. The van der Waals surface area contributed by atoms with E-state index in [4.69, 9.17) is 28.3 Å². The summed E-state index contributed by atoms with van der Waals surface area (Å²) in [4.78, 5) is 38.5. The minimum absolute atomic E-state index is 0.113. The first-order valence-corrected chi connectivity index (χ1v) is 19.7. The zero-order valence-corrected chi connectivity index (χ0v) is 32.4. The molecule has 4 aromatic carbocycles. The minimum Gasteiger partial charge on any atom is -0.469 e. The number of amides is 2. The molecule has 0 fully saturated rings. The number of anilines is 1. The van der Waals surface area contributed by atoms with Gasteiger partial charge in [-0.15, -0.1) is 0 Å². The van der Waals surface area contributed by atoms with Crippen molar-refractivity contribution in [1.29, 1.82) is 0 Å². The van der Waals surface area contributed by atoms with Crippen molar-refractivity contribution in [3.63, 3.8) is 0 Å². The molecule has 14 heteroatoms. The van der Waals surface area contributed by atoms with Gasteiger partial charge in [0.1, 0.15) is 23.2 Å². The average Bonchev–Trinajstić information content (AvgIpc) is 4.06. The highest BCUT2D eigenvalue weighted by Crippen LogP contribution is 2.61. The first kappa shape index (κ1) is 36.4. The van der Waals surface area contributed by atoms with Crippen LogP contribution >= 0.6 is 0 Å². The first-order valence-electron chi connectivity index (χ1n) is 19.7. The van der Waals surface area contributed by atoms with Gasteiger partial charge in [0.2, 0.25) is 17.7 Å². The fraction of sp³-hybridized carbons (Fsp3) is 0.261. The number of rotatable bonds is 5. The quantitative estimate of drug-likeness (QED) is 0.160. The van der Waals surface area contributed by atoms with Crippen LogP contribution in [0, 0.1) is 5.92 Å². The van der Waals surface area contributed by atoms with E-state index in [-0.39, 0.29) is 24.1 Å². The highest BCUT2D eigenvalue weighted by Gasteiger charge is 2.64. The van der Waals surface area contributed by atoms with Gasteiger partial charge in [0.25, 0.3) is 11.5 Å². The molecule has 60 heavy (non-hydrogen) atoms. The average molecular weight is 812 g/mol. The number of benzene rings is 4. The monoisotopic (exact) mass is 811 g/mol. The largest absolute Gasteiger partial charge is 0.469 e. The highest BCUT2D eigenvalue weighted by atomic mass is 19.4. The van der Waals surface area contributed by atoms with E-state index in [0.29, 0.717) is 40.5 Å². The van der Waals surface area contributed by atoms with Gasteiger partial charge < -0.3 is 34.3 Å². The van der Waals surface area contributed by atoms with Crippen molar-refractivity contribution in [2.45, 2.75) is 62.2 Å². The molecule has 11 nitrogen and oxygen atoms in total. The SMILES string of the molecule is CO[C@](C(=O)NC1Cc2ccc3c(c2)C24c5cccc(c5N[C@H]2O3)-c2cccc3c2C(=CC3)c2cnc(o2)-c2nc(oc24)[C@H](C(C)C)NC1=O)(c1ccccc1)C(F)(F)F. The normalized spacial score (nSPS) is 22.6. The van der Waals surface area contributed by atoms with Crippen LogP contribution in [0.25, 0.3) is 28.3 Å². The predicted octanol–water partition coefficient (Wildman–Crippen LogP) is 7.73. The number of allylic oxidation sites excluding steroid dienone is 1. The van der Waals surface area contributed by atoms with E-state index in [0.717, 1.165) is 58.3 Å². The minimum atomic E-state index is -5.20. The number of fused-ring (bicyclic) bond motifs is 7. The zero-order chi connectivity index (χ0) is 41.3. The maximum absolute atomic E-state index is 15.1. The van der Waals surface area contributed by atoms with E-state index in [1.54, 1.807) is 18.3 Å². The van der Waals surface area contributed by atoms with Gasteiger partial charge in [-0.25, -0.2) is 9.97 Å². The Bertz CT molecular complexity index is 2830. The van der Waals surface area contributed by atoms with E-state index in [2.05, 4.69) is 40.2 Å². The van der Waals surface area contributed by atoms with Crippen LogP contribution in [-0.2, 0) is 38.2 Å². The molecule has 0 saturated heterocycles. The molecule has 1 spiro atoms. The Balaban J connectivity index is 1.14. The summed E-state index contributed by atoms with van der Waals surface area (Å²) in [7, 11) is 0.821. The van der Waals surface area contributed by atoms with Crippen molar-refractivity contribution < 1.29 is 41.1 Å². The van der Waals surface area contributed by atoms with Crippen LogP contribution in [0.1, 0.15) is 70.7 Å². The number of oxazole rings is 2. The van der Waals surface area contributed by atoms with Gasteiger partial charge in [-0.1, -0.05) is 98.8 Å². The molecule has 4 aliphatic heterocycles. The highest BCUT2D eigenvalue weighted by molar-refractivity contribution is 5.97. The third kappa shape index (κ3) is 4.81. The Kier molecular flexibility index (Phi) is 7.69. The van der Waals surface area contributed by atoms with E-state index in [1.165, 1.54) is 18.2 Å². The lowest BCUT2D eigenvalue weighted by molar-refractivity contribution is -0.266. The standard InChI is InChI=1S/C46H36F3N5O6/c1-22(2)35-41-53-37-38(60-41)44-29-14-8-13-27(26-12-7-9-24-16-17-28(34(24)26)33-21-50-40(37)58-33)36(29)54-43(44)59-32-18-15-23(19-30(32)44)20-31(39(55)52-35)51-42(56)45(57-3,46(47,48)49)25-10-5-4-6-11-25/h4-15,17-19,21-22,31,35,43,54H,16,20H2,1-3H3,(H,51,56)(H,52,55)/t31?,35-,43-,44?,45-/m0/s1. The van der Waals surface area contributed by atoms with Gasteiger partial charge in [0, 0.05) is 47.0 Å². The van der Waals surface area contributed by atoms with Crippen molar-refractivity contribution in [2.24, 2.45) is 5.92 Å². The number of carbonyl (C=O) groups is 2. The maximum atomic E-state index is 15.1. The predicted molar refractivity (Wildman–Crippen MR) is 212 cm³/mol. The summed E-state index contributed by atoms with van der Waals surface area (Å²) in [5, 5.41) is 9.15. The molecule has 2 amide bonds. The number of nitrogens with zero attached hydrogens (tertiary/aromatic N) is 2. The van der Waals surface area contributed by atoms with Crippen molar-refractivity contribution in [3.05, 3.63) is 148 Å². The number of methoxy groups -OCH3 is 1. The molecule has 6 heterocycles. The zero-order valence-electron chi connectivity index (χ0n) is 32.4. The second kappa shape index (κ2) is 12.7. The third-order valence-electron chi connectivity index (χ3n) is 12.6. The lowest BCUT2D eigenvalue weighted by Gasteiger charge is -2.35. The Labute approximate surface area is 341 Å². The van der Waals surface area contributed by atoms with Crippen molar-refractivity contribution in [2.75, 3.05) is 12.4 Å². The summed E-state index contributed by atoms with van der Waals surface area (Å²) >= 11 is 0. The Morgan fingerprint density at radius 1 is 0.967 bits per heavy atom.